The van der Waals surface area contributed by atoms with Crippen LogP contribution in [0.3, 0.4) is 0 Å². The average molecular weight is 239 g/mol. The van der Waals surface area contributed by atoms with E-state index in [1.807, 2.05) is 6.08 Å². The first kappa shape index (κ1) is 14.1. The minimum Gasteiger partial charge on any atom is -0.477 e. The van der Waals surface area contributed by atoms with Crippen molar-refractivity contribution in [1.82, 2.24) is 5.48 Å². The van der Waals surface area contributed by atoms with Crippen molar-refractivity contribution in [2.75, 3.05) is 6.61 Å². The molecule has 0 aromatic rings. The summed E-state index contributed by atoms with van der Waals surface area (Å²) in [6, 6.07) is 0. The van der Waals surface area contributed by atoms with E-state index in [0.717, 1.165) is 30.7 Å². The predicted molar refractivity (Wildman–Crippen MR) is 70.2 cm³/mol. The Morgan fingerprint density at radius 3 is 2.88 bits per heavy atom. The molecule has 1 unspecified atom stereocenters. The van der Waals surface area contributed by atoms with Gasteiger partial charge in [-0.1, -0.05) is 39.3 Å². The lowest BCUT2D eigenvalue weighted by molar-refractivity contribution is -0.0867. The fourth-order valence-corrected chi connectivity index (χ4v) is 1.90. The highest BCUT2D eigenvalue weighted by atomic mass is 16.7. The number of allylic oxidation sites excluding steroid dienone is 2. The SMILES string of the molecule is C=CC(CC)=C1NOC(C)(CCCC)CCO1. The smallest absolute Gasteiger partial charge is 0.214 e. The van der Waals surface area contributed by atoms with E-state index >= 15 is 0 Å². The molecule has 0 amide bonds. The standard InChI is InChI=1S/C14H25NO2/c1-5-8-9-14(4)10-11-16-13(15-17-14)12(6-2)7-3/h6,15H,2,5,7-11H2,1,3-4H3. The molecule has 1 saturated heterocycles. The summed E-state index contributed by atoms with van der Waals surface area (Å²) in [5.74, 6) is 0.725. The van der Waals surface area contributed by atoms with Gasteiger partial charge in [0.05, 0.1) is 12.2 Å². The third kappa shape index (κ3) is 4.08. The van der Waals surface area contributed by atoms with Crippen LogP contribution in [0.25, 0.3) is 0 Å². The van der Waals surface area contributed by atoms with Crippen LogP contribution in [0.15, 0.2) is 24.1 Å². The summed E-state index contributed by atoms with van der Waals surface area (Å²) in [5, 5.41) is 0. The van der Waals surface area contributed by atoms with Crippen molar-refractivity contribution in [1.29, 1.82) is 0 Å². The van der Waals surface area contributed by atoms with Gasteiger partial charge in [-0.15, -0.1) is 0 Å². The molecule has 1 aliphatic heterocycles. The van der Waals surface area contributed by atoms with Crippen molar-refractivity contribution in [3.05, 3.63) is 24.1 Å². The van der Waals surface area contributed by atoms with Crippen molar-refractivity contribution in [3.8, 4) is 0 Å². The van der Waals surface area contributed by atoms with E-state index in [9.17, 15) is 0 Å². The Balaban J connectivity index is 2.66. The molecule has 1 aliphatic rings. The van der Waals surface area contributed by atoms with Gasteiger partial charge in [-0.2, -0.15) is 0 Å². The summed E-state index contributed by atoms with van der Waals surface area (Å²) >= 11 is 0. The molecule has 0 radical (unpaired) electrons. The first-order valence-corrected chi connectivity index (χ1v) is 6.57. The summed E-state index contributed by atoms with van der Waals surface area (Å²) in [7, 11) is 0. The quantitative estimate of drug-likeness (QED) is 0.793. The monoisotopic (exact) mass is 239 g/mol. The van der Waals surface area contributed by atoms with Crippen LogP contribution in [-0.2, 0) is 9.57 Å². The van der Waals surface area contributed by atoms with Gasteiger partial charge in [0.2, 0.25) is 5.88 Å². The minimum absolute atomic E-state index is 0.127. The molecule has 1 rings (SSSR count). The van der Waals surface area contributed by atoms with Crippen LogP contribution < -0.4 is 5.48 Å². The van der Waals surface area contributed by atoms with Gasteiger partial charge in [0.15, 0.2) is 0 Å². The molecule has 1 N–H and O–H groups in total. The van der Waals surface area contributed by atoms with Crippen LogP contribution in [0.4, 0.5) is 0 Å². The fraction of sp³-hybridized carbons (Fsp3) is 0.714. The number of hydrogen-bond donors (Lipinski definition) is 1. The molecular weight excluding hydrogens is 214 g/mol. The van der Waals surface area contributed by atoms with E-state index in [4.69, 9.17) is 9.57 Å². The Kier molecular flexibility index (Phi) is 5.56. The maximum Gasteiger partial charge on any atom is 0.214 e. The van der Waals surface area contributed by atoms with Crippen LogP contribution in [0, 0.1) is 0 Å². The summed E-state index contributed by atoms with van der Waals surface area (Å²) in [6.45, 7) is 10.9. The van der Waals surface area contributed by atoms with Gasteiger partial charge in [-0.25, -0.2) is 5.48 Å². The predicted octanol–water partition coefficient (Wildman–Crippen LogP) is 3.68. The first-order valence-electron chi connectivity index (χ1n) is 6.57. The van der Waals surface area contributed by atoms with E-state index < -0.39 is 0 Å². The summed E-state index contributed by atoms with van der Waals surface area (Å²) in [4.78, 5) is 5.81. The van der Waals surface area contributed by atoms with Crippen LogP contribution in [0.1, 0.15) is 52.9 Å². The highest BCUT2D eigenvalue weighted by Gasteiger charge is 2.28. The second kappa shape index (κ2) is 6.70. The van der Waals surface area contributed by atoms with Crippen molar-refractivity contribution in [2.24, 2.45) is 0 Å². The number of hydroxylamine groups is 1. The molecule has 98 valence electrons. The van der Waals surface area contributed by atoms with Gasteiger partial charge < -0.3 is 4.74 Å². The summed E-state index contributed by atoms with van der Waals surface area (Å²) in [6.07, 6.45) is 7.05. The molecule has 1 heterocycles. The van der Waals surface area contributed by atoms with Gasteiger partial charge in [0.25, 0.3) is 0 Å². The molecule has 3 heteroatoms. The van der Waals surface area contributed by atoms with Gasteiger partial charge in [0, 0.05) is 12.0 Å². The van der Waals surface area contributed by atoms with Gasteiger partial charge in [-0.05, 0) is 19.8 Å². The third-order valence-corrected chi connectivity index (χ3v) is 3.25. The zero-order chi connectivity index (χ0) is 12.7. The Labute approximate surface area is 105 Å². The molecule has 3 nitrogen and oxygen atoms in total. The molecule has 0 spiro atoms. The molecule has 1 atom stereocenters. The van der Waals surface area contributed by atoms with Crippen LogP contribution in [0.5, 0.6) is 0 Å². The largest absolute Gasteiger partial charge is 0.477 e. The Hall–Kier alpha value is -0.960. The van der Waals surface area contributed by atoms with E-state index in [-0.39, 0.29) is 5.60 Å². The maximum absolute atomic E-state index is 5.81. The third-order valence-electron chi connectivity index (χ3n) is 3.25. The Bertz CT molecular complexity index is 286. The topological polar surface area (TPSA) is 30.5 Å². The second-order valence-corrected chi connectivity index (χ2v) is 4.77. The van der Waals surface area contributed by atoms with E-state index in [2.05, 4.69) is 32.8 Å². The molecule has 0 bridgehead atoms. The minimum atomic E-state index is -0.127. The average Bonchev–Trinajstić information content (AvgIpc) is 2.52. The molecule has 1 fully saturated rings. The summed E-state index contributed by atoms with van der Waals surface area (Å²) < 4.78 is 5.69. The van der Waals surface area contributed by atoms with E-state index in [0.29, 0.717) is 6.61 Å². The Morgan fingerprint density at radius 2 is 2.29 bits per heavy atom. The molecule has 17 heavy (non-hydrogen) atoms. The highest BCUT2D eigenvalue weighted by molar-refractivity contribution is 5.18. The van der Waals surface area contributed by atoms with Gasteiger partial charge in [0.1, 0.15) is 0 Å². The van der Waals surface area contributed by atoms with Gasteiger partial charge in [-0.3, -0.25) is 4.84 Å². The molecular formula is C14H25NO2. The van der Waals surface area contributed by atoms with Crippen molar-refractivity contribution in [2.45, 2.75) is 58.5 Å². The van der Waals surface area contributed by atoms with Crippen LogP contribution >= 0.6 is 0 Å². The number of hydrogen-bond acceptors (Lipinski definition) is 3. The normalized spacial score (nSPS) is 27.7. The van der Waals surface area contributed by atoms with Crippen LogP contribution in [0.2, 0.25) is 0 Å². The van der Waals surface area contributed by atoms with Crippen molar-refractivity contribution >= 4 is 0 Å². The number of nitrogens with one attached hydrogen (secondary N) is 1. The number of unbranched alkanes of at least 4 members (excludes halogenated alkanes) is 1. The molecule has 0 aliphatic carbocycles. The lowest BCUT2D eigenvalue weighted by atomic mass is 9.96. The van der Waals surface area contributed by atoms with Crippen molar-refractivity contribution < 1.29 is 9.57 Å². The highest BCUT2D eigenvalue weighted by Crippen LogP contribution is 2.26. The van der Waals surface area contributed by atoms with E-state index in [1.165, 1.54) is 12.8 Å². The zero-order valence-corrected chi connectivity index (χ0v) is 11.3. The molecule has 0 saturated carbocycles. The Morgan fingerprint density at radius 1 is 1.53 bits per heavy atom. The second-order valence-electron chi connectivity index (χ2n) is 4.77. The maximum atomic E-state index is 5.81. The van der Waals surface area contributed by atoms with Crippen LogP contribution in [-0.4, -0.2) is 12.2 Å². The number of ether oxygens (including phenoxy) is 1. The zero-order valence-electron chi connectivity index (χ0n) is 11.3. The molecule has 0 aromatic carbocycles. The van der Waals surface area contributed by atoms with E-state index in [1.54, 1.807) is 0 Å². The lowest BCUT2D eigenvalue weighted by Crippen LogP contribution is -2.33. The van der Waals surface area contributed by atoms with Gasteiger partial charge >= 0.3 is 0 Å². The number of rotatable bonds is 5. The fourth-order valence-electron chi connectivity index (χ4n) is 1.90. The lowest BCUT2D eigenvalue weighted by Gasteiger charge is -2.26. The molecule has 0 aromatic heterocycles. The summed E-state index contributed by atoms with van der Waals surface area (Å²) in [5.41, 5.74) is 3.90. The first-order chi connectivity index (χ1) is 8.15. The van der Waals surface area contributed by atoms with Crippen molar-refractivity contribution in [3.63, 3.8) is 0 Å².